The van der Waals surface area contributed by atoms with Crippen LogP contribution in [0.3, 0.4) is 0 Å². The highest BCUT2D eigenvalue weighted by atomic mass is 16.5. The number of hydrogen-bond acceptors (Lipinski definition) is 5. The third-order valence-corrected chi connectivity index (χ3v) is 6.69. The van der Waals surface area contributed by atoms with Crippen molar-refractivity contribution in [1.29, 1.82) is 0 Å². The molecule has 1 aliphatic heterocycles. The van der Waals surface area contributed by atoms with Gasteiger partial charge in [0.05, 0.1) is 7.11 Å². The van der Waals surface area contributed by atoms with E-state index >= 15 is 0 Å². The zero-order chi connectivity index (χ0) is 28.5. The molecule has 1 aliphatic rings. The largest absolute Gasteiger partial charge is 0.497 e. The van der Waals surface area contributed by atoms with Crippen molar-refractivity contribution < 1.29 is 19.1 Å². The molecule has 0 spiro atoms. The lowest BCUT2D eigenvalue weighted by Gasteiger charge is -2.36. The van der Waals surface area contributed by atoms with E-state index in [1.807, 2.05) is 67.6 Å². The van der Waals surface area contributed by atoms with Crippen molar-refractivity contribution >= 4 is 34.9 Å². The predicted molar refractivity (Wildman–Crippen MR) is 158 cm³/mol. The van der Waals surface area contributed by atoms with Gasteiger partial charge in [-0.2, -0.15) is 0 Å². The number of anilines is 3. The average Bonchev–Trinajstić information content (AvgIpc) is 2.98. The van der Waals surface area contributed by atoms with Gasteiger partial charge in [0.25, 0.3) is 5.91 Å². The molecule has 2 N–H and O–H groups in total. The summed E-state index contributed by atoms with van der Waals surface area (Å²) in [6.45, 7) is 8.43. The summed E-state index contributed by atoms with van der Waals surface area (Å²) < 4.78 is 5.15. The SMILES string of the molecule is C=CCN(CC(=O)Nc1ccc(N2CCN(C(=O)Nc3ccc(OC)cc3)CC2)cc1)C(=O)c1ccc(C)cc1. The summed E-state index contributed by atoms with van der Waals surface area (Å²) in [6.07, 6.45) is 1.61. The summed E-state index contributed by atoms with van der Waals surface area (Å²) in [4.78, 5) is 43.8. The van der Waals surface area contributed by atoms with Crippen molar-refractivity contribution in [3.63, 3.8) is 0 Å². The van der Waals surface area contributed by atoms with Crippen LogP contribution in [0.15, 0.2) is 85.5 Å². The third kappa shape index (κ3) is 7.41. The Labute approximate surface area is 235 Å². The number of carbonyl (C=O) groups excluding carboxylic acids is 3. The molecule has 0 radical (unpaired) electrons. The Balaban J connectivity index is 1.26. The minimum Gasteiger partial charge on any atom is -0.497 e. The summed E-state index contributed by atoms with van der Waals surface area (Å²) in [7, 11) is 1.60. The Morgan fingerprint density at radius 1 is 0.875 bits per heavy atom. The summed E-state index contributed by atoms with van der Waals surface area (Å²) >= 11 is 0. The van der Waals surface area contributed by atoms with E-state index in [0.717, 1.165) is 22.7 Å². The van der Waals surface area contributed by atoms with E-state index in [2.05, 4.69) is 22.1 Å². The summed E-state index contributed by atoms with van der Waals surface area (Å²) in [5, 5.41) is 5.80. The predicted octanol–water partition coefficient (Wildman–Crippen LogP) is 4.62. The molecule has 1 heterocycles. The van der Waals surface area contributed by atoms with E-state index in [4.69, 9.17) is 4.74 Å². The average molecular weight is 542 g/mol. The normalized spacial score (nSPS) is 12.8. The Morgan fingerprint density at radius 3 is 2.08 bits per heavy atom. The smallest absolute Gasteiger partial charge is 0.321 e. The van der Waals surface area contributed by atoms with Crippen LogP contribution in [0, 0.1) is 6.92 Å². The number of piperazine rings is 1. The fourth-order valence-electron chi connectivity index (χ4n) is 4.43. The van der Waals surface area contributed by atoms with Crippen LogP contribution in [0.2, 0.25) is 0 Å². The monoisotopic (exact) mass is 541 g/mol. The number of ether oxygens (including phenoxy) is 1. The van der Waals surface area contributed by atoms with Gasteiger partial charge >= 0.3 is 6.03 Å². The van der Waals surface area contributed by atoms with E-state index in [9.17, 15) is 14.4 Å². The van der Waals surface area contributed by atoms with Gasteiger partial charge in [-0.25, -0.2) is 4.79 Å². The molecular weight excluding hydrogens is 506 g/mol. The number of rotatable bonds is 9. The van der Waals surface area contributed by atoms with Crippen molar-refractivity contribution in [3.8, 4) is 5.75 Å². The first kappa shape index (κ1) is 28.2. The Kier molecular flexibility index (Phi) is 9.40. The third-order valence-electron chi connectivity index (χ3n) is 6.69. The maximum atomic E-state index is 12.9. The number of nitrogens with zero attached hydrogens (tertiary/aromatic N) is 3. The van der Waals surface area contributed by atoms with Crippen LogP contribution in [-0.4, -0.2) is 74.0 Å². The molecule has 4 rings (SSSR count). The minimum atomic E-state index is -0.286. The Morgan fingerprint density at radius 2 is 1.48 bits per heavy atom. The number of methoxy groups -OCH3 is 1. The molecule has 0 atom stereocenters. The lowest BCUT2D eigenvalue weighted by Crippen LogP contribution is -2.50. The molecular formula is C31H35N5O4. The van der Waals surface area contributed by atoms with Crippen LogP contribution in [0.4, 0.5) is 21.9 Å². The van der Waals surface area contributed by atoms with Crippen LogP contribution in [0.1, 0.15) is 15.9 Å². The van der Waals surface area contributed by atoms with Gasteiger partial charge in [0.2, 0.25) is 5.91 Å². The molecule has 0 aromatic heterocycles. The van der Waals surface area contributed by atoms with Crippen molar-refractivity contribution in [1.82, 2.24) is 9.80 Å². The van der Waals surface area contributed by atoms with Crippen LogP contribution in [0.5, 0.6) is 5.75 Å². The van der Waals surface area contributed by atoms with E-state index in [0.29, 0.717) is 37.4 Å². The highest BCUT2D eigenvalue weighted by molar-refractivity contribution is 5.99. The van der Waals surface area contributed by atoms with Gasteiger partial charge in [-0.1, -0.05) is 23.8 Å². The topological polar surface area (TPSA) is 94.2 Å². The Hall–Kier alpha value is -4.79. The molecule has 0 bridgehead atoms. The van der Waals surface area contributed by atoms with Crippen molar-refractivity contribution in [2.24, 2.45) is 0 Å². The van der Waals surface area contributed by atoms with Crippen LogP contribution >= 0.6 is 0 Å². The van der Waals surface area contributed by atoms with Gasteiger partial charge in [0, 0.05) is 55.3 Å². The molecule has 0 saturated carbocycles. The van der Waals surface area contributed by atoms with Crippen LogP contribution in [-0.2, 0) is 4.79 Å². The zero-order valence-electron chi connectivity index (χ0n) is 22.9. The maximum Gasteiger partial charge on any atom is 0.321 e. The zero-order valence-corrected chi connectivity index (χ0v) is 22.9. The van der Waals surface area contributed by atoms with Crippen LogP contribution < -0.4 is 20.3 Å². The minimum absolute atomic E-state index is 0.0823. The number of urea groups is 1. The van der Waals surface area contributed by atoms with Gasteiger partial charge in [0.15, 0.2) is 0 Å². The maximum absolute atomic E-state index is 12.9. The number of carbonyl (C=O) groups is 3. The first-order chi connectivity index (χ1) is 19.4. The molecule has 1 fully saturated rings. The fraction of sp³-hybridized carbons (Fsp3) is 0.258. The number of aryl methyl sites for hydroxylation is 1. The number of nitrogens with one attached hydrogen (secondary N) is 2. The molecule has 3 aromatic rings. The molecule has 0 aliphatic carbocycles. The molecule has 1 saturated heterocycles. The van der Waals surface area contributed by atoms with E-state index in [1.54, 1.807) is 30.2 Å². The second-order valence-corrected chi connectivity index (χ2v) is 9.57. The standard InChI is InChI=1S/C31H35N5O4/c1-4-17-36(30(38)24-7-5-23(2)6-8-24)22-29(37)32-25-9-13-27(14-10-25)34-18-20-35(21-19-34)31(39)33-26-11-15-28(40-3)16-12-26/h4-16H,1,17-22H2,2-3H3,(H,32,37)(H,33,39). The second-order valence-electron chi connectivity index (χ2n) is 9.57. The number of amides is 4. The number of hydrogen-bond donors (Lipinski definition) is 2. The van der Waals surface area contributed by atoms with Gasteiger partial charge in [0.1, 0.15) is 12.3 Å². The summed E-state index contributed by atoms with van der Waals surface area (Å²) in [5.74, 6) is 0.230. The van der Waals surface area contributed by atoms with E-state index in [1.165, 1.54) is 4.90 Å². The Bertz CT molecular complexity index is 1320. The fourth-order valence-corrected chi connectivity index (χ4v) is 4.43. The highest BCUT2D eigenvalue weighted by Crippen LogP contribution is 2.21. The summed E-state index contributed by atoms with van der Waals surface area (Å²) in [6, 6.07) is 22.0. The second kappa shape index (κ2) is 13.3. The molecule has 208 valence electrons. The highest BCUT2D eigenvalue weighted by Gasteiger charge is 2.22. The molecule has 40 heavy (non-hydrogen) atoms. The van der Waals surface area contributed by atoms with Gasteiger partial charge in [-0.3, -0.25) is 9.59 Å². The first-order valence-corrected chi connectivity index (χ1v) is 13.2. The lowest BCUT2D eigenvalue weighted by atomic mass is 10.1. The summed E-state index contributed by atoms with van der Waals surface area (Å²) in [5.41, 5.74) is 3.97. The molecule has 9 heteroatoms. The van der Waals surface area contributed by atoms with Crippen molar-refractivity contribution in [2.75, 3.05) is 61.9 Å². The van der Waals surface area contributed by atoms with E-state index in [-0.39, 0.29) is 30.9 Å². The molecule has 9 nitrogen and oxygen atoms in total. The van der Waals surface area contributed by atoms with Gasteiger partial charge in [-0.15, -0.1) is 6.58 Å². The quantitative estimate of drug-likeness (QED) is 0.386. The molecule has 4 amide bonds. The van der Waals surface area contributed by atoms with Crippen molar-refractivity contribution in [3.05, 3.63) is 96.6 Å². The molecule has 0 unspecified atom stereocenters. The first-order valence-electron chi connectivity index (χ1n) is 13.2. The molecule has 3 aromatic carbocycles. The number of benzene rings is 3. The van der Waals surface area contributed by atoms with Gasteiger partial charge < -0.3 is 30.1 Å². The van der Waals surface area contributed by atoms with Crippen molar-refractivity contribution in [2.45, 2.75) is 6.92 Å². The van der Waals surface area contributed by atoms with E-state index < -0.39 is 0 Å². The lowest BCUT2D eigenvalue weighted by molar-refractivity contribution is -0.116. The van der Waals surface area contributed by atoms with Gasteiger partial charge in [-0.05, 0) is 67.6 Å². The van der Waals surface area contributed by atoms with Crippen LogP contribution in [0.25, 0.3) is 0 Å².